The molecule has 1 saturated heterocycles. The van der Waals surface area contributed by atoms with Crippen molar-refractivity contribution in [1.29, 1.82) is 0 Å². The van der Waals surface area contributed by atoms with E-state index in [9.17, 15) is 14.4 Å². The van der Waals surface area contributed by atoms with Gasteiger partial charge in [-0.15, -0.1) is 0 Å². The number of carbonyl (C=O) groups excluding carboxylic acids is 3. The minimum Gasteiger partial charge on any atom is -0.488 e. The highest BCUT2D eigenvalue weighted by Gasteiger charge is 2.36. The first-order chi connectivity index (χ1) is 18.8. The van der Waals surface area contributed by atoms with Crippen LogP contribution >= 0.6 is 11.8 Å². The lowest BCUT2D eigenvalue weighted by Crippen LogP contribution is -2.36. The van der Waals surface area contributed by atoms with Crippen molar-refractivity contribution in [2.75, 3.05) is 29.9 Å². The molecule has 0 atom stereocenters. The Kier molecular flexibility index (Phi) is 9.09. The lowest BCUT2D eigenvalue weighted by molar-refractivity contribution is -0.127. The molecule has 1 fully saturated rings. The number of hydrogen-bond acceptors (Lipinski definition) is 6. The molecule has 3 amide bonds. The average Bonchev–Trinajstić information content (AvgIpc) is 3.18. The van der Waals surface area contributed by atoms with Crippen molar-refractivity contribution in [2.45, 2.75) is 34.3 Å². The number of anilines is 2. The summed E-state index contributed by atoms with van der Waals surface area (Å²) in [6, 6.07) is 21.4. The molecule has 3 aromatic rings. The molecule has 1 aliphatic rings. The maximum atomic E-state index is 13.2. The standard InChI is InChI=1S/C31H33N3O4S/c1-5-33(6-2)25-14-13-24(27(18-25)38-20-23-10-8-7-9-11-23)17-28-30(36)34(31(37)39-28)19-29(35)32-26-15-12-21(3)16-22(26)4/h7-18H,5-6,19-20H2,1-4H3,(H,32,35)/b28-17+. The van der Waals surface area contributed by atoms with Gasteiger partial charge >= 0.3 is 0 Å². The molecule has 0 bridgehead atoms. The Hall–Kier alpha value is -4.04. The summed E-state index contributed by atoms with van der Waals surface area (Å²) in [6.45, 7) is 9.75. The predicted molar refractivity (Wildman–Crippen MR) is 158 cm³/mol. The van der Waals surface area contributed by atoms with E-state index < -0.39 is 17.1 Å². The number of thioether (sulfide) groups is 1. The van der Waals surface area contributed by atoms with Gasteiger partial charge in [0.2, 0.25) is 5.91 Å². The van der Waals surface area contributed by atoms with E-state index in [0.29, 0.717) is 23.6 Å². The minimum absolute atomic E-state index is 0.250. The minimum atomic E-state index is -0.498. The second kappa shape index (κ2) is 12.7. The van der Waals surface area contributed by atoms with Crippen LogP contribution in [0.5, 0.6) is 5.75 Å². The van der Waals surface area contributed by atoms with E-state index in [0.717, 1.165) is 52.1 Å². The van der Waals surface area contributed by atoms with Crippen LogP contribution in [0.2, 0.25) is 0 Å². The van der Waals surface area contributed by atoms with Crippen molar-refractivity contribution in [2.24, 2.45) is 0 Å². The van der Waals surface area contributed by atoms with Crippen molar-refractivity contribution in [3.63, 3.8) is 0 Å². The van der Waals surface area contributed by atoms with Gasteiger partial charge in [-0.1, -0.05) is 48.0 Å². The summed E-state index contributed by atoms with van der Waals surface area (Å²) >= 11 is 0.825. The van der Waals surface area contributed by atoms with Crippen LogP contribution in [0.25, 0.3) is 6.08 Å². The Morgan fingerprint density at radius 1 is 1.00 bits per heavy atom. The van der Waals surface area contributed by atoms with Crippen LogP contribution in [-0.2, 0) is 16.2 Å². The number of hydrogen-bond donors (Lipinski definition) is 1. The van der Waals surface area contributed by atoms with Crippen molar-refractivity contribution in [3.8, 4) is 5.75 Å². The summed E-state index contributed by atoms with van der Waals surface area (Å²) in [5, 5.41) is 2.32. The highest BCUT2D eigenvalue weighted by molar-refractivity contribution is 8.18. The van der Waals surface area contributed by atoms with Gasteiger partial charge in [0.25, 0.3) is 11.1 Å². The van der Waals surface area contributed by atoms with E-state index >= 15 is 0 Å². The van der Waals surface area contributed by atoms with Gasteiger partial charge in [-0.05, 0) is 74.9 Å². The molecular formula is C31H33N3O4S. The van der Waals surface area contributed by atoms with Crippen LogP contribution in [0.4, 0.5) is 16.2 Å². The third-order valence-corrected chi connectivity index (χ3v) is 7.39. The predicted octanol–water partition coefficient (Wildman–Crippen LogP) is 6.40. The first kappa shape index (κ1) is 28.0. The zero-order valence-corrected chi connectivity index (χ0v) is 23.5. The van der Waals surface area contributed by atoms with Crippen LogP contribution in [0.3, 0.4) is 0 Å². The Morgan fingerprint density at radius 2 is 1.74 bits per heavy atom. The Bertz CT molecular complexity index is 1400. The summed E-state index contributed by atoms with van der Waals surface area (Å²) < 4.78 is 6.20. The molecule has 39 heavy (non-hydrogen) atoms. The van der Waals surface area contributed by atoms with Crippen molar-refractivity contribution >= 4 is 46.3 Å². The number of imide groups is 1. The zero-order chi connectivity index (χ0) is 27.9. The zero-order valence-electron chi connectivity index (χ0n) is 22.7. The fourth-order valence-corrected chi connectivity index (χ4v) is 5.18. The van der Waals surface area contributed by atoms with Gasteiger partial charge < -0.3 is 15.0 Å². The fraction of sp³-hybridized carbons (Fsp3) is 0.258. The number of nitrogens with zero attached hydrogens (tertiary/aromatic N) is 2. The quantitative estimate of drug-likeness (QED) is 0.298. The highest BCUT2D eigenvalue weighted by atomic mass is 32.2. The van der Waals surface area contributed by atoms with Crippen molar-refractivity contribution in [3.05, 3.63) is 93.9 Å². The molecule has 0 spiro atoms. The van der Waals surface area contributed by atoms with Crippen LogP contribution in [0, 0.1) is 13.8 Å². The molecule has 0 saturated carbocycles. The Labute approximate surface area is 233 Å². The number of amides is 3. The Balaban J connectivity index is 1.54. The Morgan fingerprint density at radius 3 is 2.44 bits per heavy atom. The van der Waals surface area contributed by atoms with Crippen LogP contribution in [0.15, 0.2) is 71.6 Å². The summed E-state index contributed by atoms with van der Waals surface area (Å²) in [6.07, 6.45) is 1.67. The van der Waals surface area contributed by atoms with E-state index in [4.69, 9.17) is 4.74 Å². The number of ether oxygens (including phenoxy) is 1. The smallest absolute Gasteiger partial charge is 0.294 e. The number of carbonyl (C=O) groups is 3. The number of nitrogens with one attached hydrogen (secondary N) is 1. The molecule has 1 N–H and O–H groups in total. The number of rotatable bonds is 10. The van der Waals surface area contributed by atoms with Crippen molar-refractivity contribution in [1.82, 2.24) is 4.90 Å². The third kappa shape index (κ3) is 6.89. The second-order valence-corrected chi connectivity index (χ2v) is 10.3. The van der Waals surface area contributed by atoms with E-state index in [-0.39, 0.29) is 11.4 Å². The van der Waals surface area contributed by atoms with Crippen LogP contribution in [0.1, 0.15) is 36.1 Å². The normalized spacial score (nSPS) is 14.2. The molecule has 202 valence electrons. The lowest BCUT2D eigenvalue weighted by Gasteiger charge is -2.22. The van der Waals surface area contributed by atoms with Crippen LogP contribution in [-0.4, -0.2) is 41.6 Å². The molecule has 7 nitrogen and oxygen atoms in total. The third-order valence-electron chi connectivity index (χ3n) is 6.48. The first-order valence-electron chi connectivity index (χ1n) is 13.0. The van der Waals surface area contributed by atoms with Gasteiger partial charge in [0.1, 0.15) is 18.9 Å². The monoisotopic (exact) mass is 543 g/mol. The van der Waals surface area contributed by atoms with Gasteiger partial charge in [0, 0.05) is 36.1 Å². The summed E-state index contributed by atoms with van der Waals surface area (Å²) in [4.78, 5) is 42.0. The van der Waals surface area contributed by atoms with Gasteiger partial charge in [-0.3, -0.25) is 19.3 Å². The molecule has 1 aliphatic heterocycles. The topological polar surface area (TPSA) is 79.0 Å². The molecule has 0 aromatic heterocycles. The van der Waals surface area contributed by atoms with E-state index in [2.05, 4.69) is 24.1 Å². The van der Waals surface area contributed by atoms with E-state index in [1.165, 1.54) is 0 Å². The molecule has 1 heterocycles. The number of benzene rings is 3. The molecule has 8 heteroatoms. The average molecular weight is 544 g/mol. The van der Waals surface area contributed by atoms with Gasteiger partial charge in [-0.2, -0.15) is 0 Å². The number of aryl methyl sites for hydroxylation is 2. The molecule has 0 unspecified atom stereocenters. The van der Waals surface area contributed by atoms with E-state index in [1.54, 1.807) is 6.08 Å². The SMILES string of the molecule is CCN(CC)c1ccc(/C=C2/SC(=O)N(CC(=O)Nc3ccc(C)cc3C)C2=O)c(OCc2ccccc2)c1. The molecule has 4 rings (SSSR count). The first-order valence-corrected chi connectivity index (χ1v) is 13.8. The lowest BCUT2D eigenvalue weighted by atomic mass is 10.1. The molecule has 3 aromatic carbocycles. The van der Waals surface area contributed by atoms with Crippen LogP contribution < -0.4 is 15.0 Å². The fourth-order valence-electron chi connectivity index (χ4n) is 4.35. The van der Waals surface area contributed by atoms with E-state index in [1.807, 2.05) is 80.6 Å². The van der Waals surface area contributed by atoms with Gasteiger partial charge in [-0.25, -0.2) is 0 Å². The summed E-state index contributed by atoms with van der Waals surface area (Å²) in [7, 11) is 0. The van der Waals surface area contributed by atoms with Gasteiger partial charge in [0.15, 0.2) is 0 Å². The van der Waals surface area contributed by atoms with Gasteiger partial charge in [0.05, 0.1) is 4.91 Å². The summed E-state index contributed by atoms with van der Waals surface area (Å²) in [5.74, 6) is -0.314. The molecular weight excluding hydrogens is 510 g/mol. The van der Waals surface area contributed by atoms with Crippen molar-refractivity contribution < 1.29 is 19.1 Å². The largest absolute Gasteiger partial charge is 0.488 e. The maximum Gasteiger partial charge on any atom is 0.294 e. The summed E-state index contributed by atoms with van der Waals surface area (Å²) in [5.41, 5.74) is 5.37. The second-order valence-electron chi connectivity index (χ2n) is 9.30. The molecule has 0 radical (unpaired) electrons. The maximum absolute atomic E-state index is 13.2. The molecule has 0 aliphatic carbocycles. The highest BCUT2D eigenvalue weighted by Crippen LogP contribution is 2.35.